The van der Waals surface area contributed by atoms with Crippen molar-refractivity contribution in [1.82, 2.24) is 4.90 Å². The third-order valence-corrected chi connectivity index (χ3v) is 4.93. The number of nitrogens with one attached hydrogen (secondary N) is 1. The van der Waals surface area contributed by atoms with Gasteiger partial charge in [-0.05, 0) is 37.6 Å². The van der Waals surface area contributed by atoms with Crippen LogP contribution in [-0.2, 0) is 4.79 Å². The highest BCUT2D eigenvalue weighted by Gasteiger charge is 2.33. The van der Waals surface area contributed by atoms with Gasteiger partial charge in [0.05, 0.1) is 24.3 Å². The van der Waals surface area contributed by atoms with Crippen LogP contribution in [0.3, 0.4) is 0 Å². The Morgan fingerprint density at radius 2 is 1.81 bits per heavy atom. The van der Waals surface area contributed by atoms with Crippen molar-refractivity contribution in [3.8, 4) is 5.75 Å². The number of hydrogen-bond donors (Lipinski definition) is 1. The van der Waals surface area contributed by atoms with E-state index in [2.05, 4.69) is 5.32 Å². The van der Waals surface area contributed by atoms with Crippen LogP contribution in [0.4, 0.5) is 5.69 Å². The van der Waals surface area contributed by atoms with E-state index in [4.69, 9.17) is 4.74 Å². The summed E-state index contributed by atoms with van der Waals surface area (Å²) in [6.07, 6.45) is 0.755. The Hall–Kier alpha value is -2.82. The molecule has 1 atom stereocenters. The number of rotatable bonds is 6. The van der Waals surface area contributed by atoms with Crippen LogP contribution in [0, 0.1) is 12.8 Å². The van der Waals surface area contributed by atoms with Gasteiger partial charge >= 0.3 is 0 Å². The topological polar surface area (TPSA) is 58.6 Å². The van der Waals surface area contributed by atoms with Crippen LogP contribution in [0.5, 0.6) is 5.75 Å². The minimum absolute atomic E-state index is 0.00137. The summed E-state index contributed by atoms with van der Waals surface area (Å²) in [5, 5.41) is 2.88. The van der Waals surface area contributed by atoms with E-state index in [0.29, 0.717) is 24.3 Å². The molecular weight excluding hydrogens is 340 g/mol. The summed E-state index contributed by atoms with van der Waals surface area (Å²) >= 11 is 0. The lowest BCUT2D eigenvalue weighted by Crippen LogP contribution is -2.56. The first-order valence-electron chi connectivity index (χ1n) is 9.40. The maximum Gasteiger partial charge on any atom is 0.256 e. The number of aryl methyl sites for hydroxylation is 1. The van der Waals surface area contributed by atoms with Crippen LogP contribution >= 0.6 is 0 Å². The van der Waals surface area contributed by atoms with Crippen LogP contribution in [0.2, 0.25) is 0 Å². The van der Waals surface area contributed by atoms with Gasteiger partial charge in [0, 0.05) is 5.92 Å². The van der Waals surface area contributed by atoms with Gasteiger partial charge in [0.1, 0.15) is 11.9 Å². The molecule has 5 heteroatoms. The maximum absolute atomic E-state index is 12.8. The van der Waals surface area contributed by atoms with Crippen LogP contribution in [0.15, 0.2) is 48.5 Å². The molecule has 1 unspecified atom stereocenters. The van der Waals surface area contributed by atoms with Crippen LogP contribution in [0.25, 0.3) is 0 Å². The SMILES string of the molecule is CCC(C)C(=O)Nc1ccccc1C(=O)N1CC(Oc2ccc(C)cc2)C1. The summed E-state index contributed by atoms with van der Waals surface area (Å²) in [5.74, 6) is 0.573. The predicted octanol–water partition coefficient (Wildman–Crippen LogP) is 3.88. The first-order chi connectivity index (χ1) is 13.0. The molecule has 1 aliphatic heterocycles. The molecule has 3 rings (SSSR count). The molecule has 0 aliphatic carbocycles. The van der Waals surface area contributed by atoms with Gasteiger partial charge in [-0.2, -0.15) is 0 Å². The van der Waals surface area contributed by atoms with Gasteiger partial charge in [0.25, 0.3) is 5.91 Å². The lowest BCUT2D eigenvalue weighted by molar-refractivity contribution is -0.119. The number of carbonyl (C=O) groups is 2. The zero-order chi connectivity index (χ0) is 19.4. The van der Waals surface area contributed by atoms with Crippen molar-refractivity contribution in [3.05, 3.63) is 59.7 Å². The number of nitrogens with zero attached hydrogens (tertiary/aromatic N) is 1. The van der Waals surface area contributed by atoms with Gasteiger partial charge in [-0.15, -0.1) is 0 Å². The number of likely N-dealkylation sites (tertiary alicyclic amines) is 1. The number of carbonyl (C=O) groups excluding carboxylic acids is 2. The first-order valence-corrected chi connectivity index (χ1v) is 9.40. The molecule has 0 bridgehead atoms. The van der Waals surface area contributed by atoms with Crippen molar-refractivity contribution in [2.24, 2.45) is 5.92 Å². The van der Waals surface area contributed by atoms with Crippen molar-refractivity contribution >= 4 is 17.5 Å². The monoisotopic (exact) mass is 366 g/mol. The maximum atomic E-state index is 12.8. The fraction of sp³-hybridized carbons (Fsp3) is 0.364. The highest BCUT2D eigenvalue weighted by molar-refractivity contribution is 6.04. The molecule has 27 heavy (non-hydrogen) atoms. The van der Waals surface area contributed by atoms with Crippen molar-refractivity contribution < 1.29 is 14.3 Å². The van der Waals surface area contributed by atoms with Crippen LogP contribution < -0.4 is 10.1 Å². The zero-order valence-electron chi connectivity index (χ0n) is 16.1. The molecule has 0 aromatic heterocycles. The Balaban J connectivity index is 1.60. The highest BCUT2D eigenvalue weighted by Crippen LogP contribution is 2.24. The van der Waals surface area contributed by atoms with Gasteiger partial charge in [-0.3, -0.25) is 9.59 Å². The fourth-order valence-corrected chi connectivity index (χ4v) is 2.88. The number of hydrogen-bond acceptors (Lipinski definition) is 3. The minimum atomic E-state index is -0.0931. The lowest BCUT2D eigenvalue weighted by atomic mass is 10.1. The van der Waals surface area contributed by atoms with Crippen molar-refractivity contribution in [1.29, 1.82) is 0 Å². The molecular formula is C22H26N2O3. The predicted molar refractivity (Wildman–Crippen MR) is 106 cm³/mol. The molecule has 1 heterocycles. The number of para-hydroxylation sites is 1. The summed E-state index contributed by atoms with van der Waals surface area (Å²) in [6.45, 7) is 6.96. The number of benzene rings is 2. The molecule has 1 aliphatic rings. The molecule has 1 fully saturated rings. The van der Waals surface area contributed by atoms with E-state index in [1.54, 1.807) is 17.0 Å². The summed E-state index contributed by atoms with van der Waals surface area (Å²) in [4.78, 5) is 26.8. The molecule has 142 valence electrons. The first kappa shape index (κ1) is 19.0. The van der Waals surface area contributed by atoms with E-state index in [0.717, 1.165) is 12.2 Å². The molecule has 0 radical (unpaired) electrons. The van der Waals surface area contributed by atoms with Crippen LogP contribution in [-0.4, -0.2) is 35.9 Å². The molecule has 0 spiro atoms. The van der Waals surface area contributed by atoms with Gasteiger partial charge in [0.15, 0.2) is 0 Å². The molecule has 5 nitrogen and oxygen atoms in total. The normalized spacial score (nSPS) is 15.0. The number of ether oxygens (including phenoxy) is 1. The molecule has 1 N–H and O–H groups in total. The van der Waals surface area contributed by atoms with E-state index in [1.165, 1.54) is 5.56 Å². The summed E-state index contributed by atoms with van der Waals surface area (Å²) in [5.41, 5.74) is 2.27. The van der Waals surface area contributed by atoms with E-state index in [9.17, 15) is 9.59 Å². The quantitative estimate of drug-likeness (QED) is 0.844. The fourth-order valence-electron chi connectivity index (χ4n) is 2.88. The van der Waals surface area contributed by atoms with E-state index >= 15 is 0 Å². The number of anilines is 1. The average Bonchev–Trinajstić information content (AvgIpc) is 2.65. The molecule has 2 aromatic carbocycles. The average molecular weight is 366 g/mol. The van der Waals surface area contributed by atoms with Crippen molar-refractivity contribution in [3.63, 3.8) is 0 Å². The Morgan fingerprint density at radius 3 is 2.48 bits per heavy atom. The summed E-state index contributed by atoms with van der Waals surface area (Å²) < 4.78 is 5.90. The smallest absolute Gasteiger partial charge is 0.256 e. The van der Waals surface area contributed by atoms with Gasteiger partial charge in [0.2, 0.25) is 5.91 Å². The number of amides is 2. The Kier molecular flexibility index (Phi) is 5.79. The molecule has 1 saturated heterocycles. The second kappa shape index (κ2) is 8.25. The van der Waals surface area contributed by atoms with Crippen molar-refractivity contribution in [2.45, 2.75) is 33.3 Å². The van der Waals surface area contributed by atoms with Gasteiger partial charge in [-0.1, -0.05) is 43.7 Å². The Morgan fingerprint density at radius 1 is 1.15 bits per heavy atom. The third-order valence-electron chi connectivity index (χ3n) is 4.93. The van der Waals surface area contributed by atoms with E-state index in [1.807, 2.05) is 57.2 Å². The minimum Gasteiger partial charge on any atom is -0.487 e. The Labute approximate surface area is 160 Å². The standard InChI is InChI=1S/C22H26N2O3/c1-4-16(3)21(25)23-20-8-6-5-7-19(20)22(26)24-13-18(14-24)27-17-11-9-15(2)10-12-17/h5-12,16,18H,4,13-14H2,1-3H3,(H,23,25). The van der Waals surface area contributed by atoms with Gasteiger partial charge in [-0.25, -0.2) is 0 Å². The molecule has 0 saturated carbocycles. The lowest BCUT2D eigenvalue weighted by Gasteiger charge is -2.39. The van der Waals surface area contributed by atoms with E-state index in [-0.39, 0.29) is 23.8 Å². The second-order valence-corrected chi connectivity index (χ2v) is 7.11. The third kappa shape index (κ3) is 4.48. The highest BCUT2D eigenvalue weighted by atomic mass is 16.5. The van der Waals surface area contributed by atoms with Gasteiger partial charge < -0.3 is 15.0 Å². The largest absolute Gasteiger partial charge is 0.487 e. The summed E-state index contributed by atoms with van der Waals surface area (Å²) in [6, 6.07) is 15.1. The summed E-state index contributed by atoms with van der Waals surface area (Å²) in [7, 11) is 0. The molecule has 2 amide bonds. The second-order valence-electron chi connectivity index (χ2n) is 7.11. The van der Waals surface area contributed by atoms with Crippen LogP contribution in [0.1, 0.15) is 36.2 Å². The van der Waals surface area contributed by atoms with E-state index < -0.39 is 0 Å². The molecule has 2 aromatic rings. The zero-order valence-corrected chi connectivity index (χ0v) is 16.1. The Bertz CT molecular complexity index is 811. The van der Waals surface area contributed by atoms with Crippen molar-refractivity contribution in [2.75, 3.05) is 18.4 Å².